The van der Waals surface area contributed by atoms with Crippen LogP contribution in [0.4, 0.5) is 0 Å². The van der Waals surface area contributed by atoms with E-state index in [-0.39, 0.29) is 18.1 Å². The summed E-state index contributed by atoms with van der Waals surface area (Å²) >= 11 is 0. The van der Waals surface area contributed by atoms with E-state index in [4.69, 9.17) is 14.0 Å². The molecule has 2 aromatic heterocycles. The third kappa shape index (κ3) is 5.08. The maximum atomic E-state index is 12.4. The number of rotatable bonds is 8. The van der Waals surface area contributed by atoms with Crippen molar-refractivity contribution in [2.75, 3.05) is 13.7 Å². The highest BCUT2D eigenvalue weighted by Crippen LogP contribution is 2.21. The van der Waals surface area contributed by atoms with Crippen molar-refractivity contribution in [3.05, 3.63) is 64.3 Å². The molecule has 3 aromatic rings. The van der Waals surface area contributed by atoms with Gasteiger partial charge in [0.2, 0.25) is 5.82 Å². The molecule has 0 saturated heterocycles. The molecule has 31 heavy (non-hydrogen) atoms. The second kappa shape index (κ2) is 9.87. The smallest absolute Gasteiger partial charge is 0.349 e. The number of aryl methyl sites for hydroxylation is 2. The molecular formula is C23H24N4O4. The Morgan fingerprint density at radius 1 is 1.29 bits per heavy atom. The summed E-state index contributed by atoms with van der Waals surface area (Å²) in [5, 5.41) is 13.4. The number of nitrogens with zero attached hydrogens (tertiary/aromatic N) is 4. The zero-order valence-electron chi connectivity index (χ0n) is 18.0. The van der Waals surface area contributed by atoms with Crippen LogP contribution in [0.1, 0.15) is 28.4 Å². The van der Waals surface area contributed by atoms with Crippen LogP contribution in [0.15, 0.2) is 40.4 Å². The second-order valence-electron chi connectivity index (χ2n) is 7.04. The number of carbonyl (C=O) groups excluding carboxylic acids is 1. The van der Waals surface area contributed by atoms with Crippen LogP contribution in [0.3, 0.4) is 0 Å². The van der Waals surface area contributed by atoms with Crippen molar-refractivity contribution in [3.63, 3.8) is 0 Å². The highest BCUT2D eigenvalue weighted by atomic mass is 16.6. The first kappa shape index (κ1) is 22.0. The van der Waals surface area contributed by atoms with E-state index in [1.807, 2.05) is 57.2 Å². The van der Waals surface area contributed by atoms with E-state index in [9.17, 15) is 10.1 Å². The summed E-state index contributed by atoms with van der Waals surface area (Å²) in [4.78, 5) is 16.7. The van der Waals surface area contributed by atoms with Crippen molar-refractivity contribution in [3.8, 4) is 17.5 Å². The van der Waals surface area contributed by atoms with Crippen LogP contribution in [0.5, 0.6) is 0 Å². The Morgan fingerprint density at radius 2 is 2.06 bits per heavy atom. The molecule has 3 rings (SSSR count). The number of hydrogen-bond acceptors (Lipinski definition) is 7. The molecule has 0 bridgehead atoms. The summed E-state index contributed by atoms with van der Waals surface area (Å²) in [6.45, 7) is 6.88. The number of esters is 1. The number of ether oxygens (including phenoxy) is 2. The van der Waals surface area contributed by atoms with E-state index in [1.165, 1.54) is 6.08 Å². The number of aromatic nitrogens is 3. The third-order valence-corrected chi connectivity index (χ3v) is 4.95. The van der Waals surface area contributed by atoms with Gasteiger partial charge < -0.3 is 18.6 Å². The molecule has 0 atom stereocenters. The molecule has 8 heteroatoms. The lowest BCUT2D eigenvalue weighted by molar-refractivity contribution is -0.140. The SMILES string of the molecule is COCCn1c(C)cc(/C=C(\C#N)C(=O)OCc2nc(-c3ccccc3C)no2)c1C. The van der Waals surface area contributed by atoms with E-state index in [2.05, 4.69) is 14.7 Å². The standard InChI is InChI=1S/C23H24N4O4/c1-15-7-5-6-8-20(15)22-25-21(31-26-22)14-30-23(28)19(13-24)12-18-11-16(2)27(17(18)3)9-10-29-4/h5-8,11-12H,9-10,14H2,1-4H3/b19-12+. The van der Waals surface area contributed by atoms with Gasteiger partial charge in [-0.2, -0.15) is 10.2 Å². The van der Waals surface area contributed by atoms with Crippen LogP contribution in [-0.2, 0) is 27.4 Å². The van der Waals surface area contributed by atoms with Gasteiger partial charge in [0.1, 0.15) is 11.6 Å². The molecule has 2 heterocycles. The lowest BCUT2D eigenvalue weighted by Crippen LogP contribution is -2.08. The predicted molar refractivity (Wildman–Crippen MR) is 114 cm³/mol. The molecule has 0 amide bonds. The molecule has 0 unspecified atom stereocenters. The number of methoxy groups -OCH3 is 1. The third-order valence-electron chi connectivity index (χ3n) is 4.95. The summed E-state index contributed by atoms with van der Waals surface area (Å²) in [5.74, 6) is -0.176. The Hall–Kier alpha value is -3.70. The minimum absolute atomic E-state index is 0.106. The molecule has 0 saturated carbocycles. The van der Waals surface area contributed by atoms with Gasteiger partial charge in [0.15, 0.2) is 6.61 Å². The van der Waals surface area contributed by atoms with Gasteiger partial charge >= 0.3 is 5.97 Å². The summed E-state index contributed by atoms with van der Waals surface area (Å²) in [6, 6.07) is 11.5. The van der Waals surface area contributed by atoms with Gasteiger partial charge in [-0.3, -0.25) is 0 Å². The average Bonchev–Trinajstić information content (AvgIpc) is 3.33. The Morgan fingerprint density at radius 3 is 2.77 bits per heavy atom. The number of benzene rings is 1. The molecule has 0 aliphatic rings. The number of carbonyl (C=O) groups is 1. The van der Waals surface area contributed by atoms with Crippen molar-refractivity contribution in [2.24, 2.45) is 0 Å². The van der Waals surface area contributed by atoms with Crippen LogP contribution in [0.25, 0.3) is 17.5 Å². The van der Waals surface area contributed by atoms with E-state index in [0.717, 1.165) is 28.1 Å². The largest absolute Gasteiger partial charge is 0.451 e. The molecule has 8 nitrogen and oxygen atoms in total. The van der Waals surface area contributed by atoms with Crippen LogP contribution in [0.2, 0.25) is 0 Å². The first-order valence-corrected chi connectivity index (χ1v) is 9.77. The van der Waals surface area contributed by atoms with Gasteiger partial charge in [-0.25, -0.2) is 4.79 Å². The average molecular weight is 420 g/mol. The Kier molecular flexibility index (Phi) is 7.00. The van der Waals surface area contributed by atoms with E-state index in [0.29, 0.717) is 19.0 Å². The molecule has 0 fully saturated rings. The monoisotopic (exact) mass is 420 g/mol. The fourth-order valence-corrected chi connectivity index (χ4v) is 3.24. The van der Waals surface area contributed by atoms with Crippen molar-refractivity contribution >= 4 is 12.0 Å². The number of hydrogen-bond donors (Lipinski definition) is 0. The summed E-state index contributed by atoms with van der Waals surface area (Å²) < 4.78 is 17.6. The fraction of sp³-hybridized carbons (Fsp3) is 0.304. The quantitative estimate of drug-likeness (QED) is 0.310. The van der Waals surface area contributed by atoms with Crippen LogP contribution in [-0.4, -0.2) is 34.4 Å². The van der Waals surface area contributed by atoms with Crippen molar-refractivity contribution < 1.29 is 18.8 Å². The molecule has 160 valence electrons. The normalized spacial score (nSPS) is 11.4. The molecule has 0 radical (unpaired) electrons. The van der Waals surface area contributed by atoms with Crippen LogP contribution < -0.4 is 0 Å². The Bertz CT molecular complexity index is 1150. The van der Waals surface area contributed by atoms with Crippen LogP contribution >= 0.6 is 0 Å². The van der Waals surface area contributed by atoms with Gasteiger partial charge in [0.05, 0.1) is 6.61 Å². The van der Waals surface area contributed by atoms with Gasteiger partial charge in [-0.05, 0) is 44.0 Å². The van der Waals surface area contributed by atoms with Gasteiger partial charge in [-0.1, -0.05) is 29.4 Å². The van der Waals surface area contributed by atoms with Gasteiger partial charge in [0.25, 0.3) is 5.89 Å². The van der Waals surface area contributed by atoms with E-state index in [1.54, 1.807) is 7.11 Å². The lowest BCUT2D eigenvalue weighted by atomic mass is 10.1. The maximum Gasteiger partial charge on any atom is 0.349 e. The topological polar surface area (TPSA) is 103 Å². The molecule has 0 aliphatic carbocycles. The zero-order valence-corrected chi connectivity index (χ0v) is 18.0. The van der Waals surface area contributed by atoms with E-state index < -0.39 is 5.97 Å². The zero-order chi connectivity index (χ0) is 22.4. The highest BCUT2D eigenvalue weighted by molar-refractivity contribution is 5.98. The minimum atomic E-state index is -0.750. The highest BCUT2D eigenvalue weighted by Gasteiger charge is 2.17. The Balaban J connectivity index is 1.70. The summed E-state index contributed by atoms with van der Waals surface area (Å²) in [5.41, 5.74) is 4.47. The molecule has 1 aromatic carbocycles. The van der Waals surface area contributed by atoms with Gasteiger partial charge in [0, 0.05) is 30.6 Å². The maximum absolute atomic E-state index is 12.4. The first-order chi connectivity index (χ1) is 14.9. The molecule has 0 spiro atoms. The van der Waals surface area contributed by atoms with E-state index >= 15 is 0 Å². The molecule has 0 aliphatic heterocycles. The molecule has 0 N–H and O–H groups in total. The van der Waals surface area contributed by atoms with Gasteiger partial charge in [-0.15, -0.1) is 0 Å². The first-order valence-electron chi connectivity index (χ1n) is 9.77. The predicted octanol–water partition coefficient (Wildman–Crippen LogP) is 3.76. The lowest BCUT2D eigenvalue weighted by Gasteiger charge is -2.08. The second-order valence-corrected chi connectivity index (χ2v) is 7.04. The minimum Gasteiger partial charge on any atom is -0.451 e. The van der Waals surface area contributed by atoms with Crippen molar-refractivity contribution in [1.82, 2.24) is 14.7 Å². The summed E-state index contributed by atoms with van der Waals surface area (Å²) in [7, 11) is 1.64. The van der Waals surface area contributed by atoms with Crippen LogP contribution in [0, 0.1) is 32.1 Å². The Labute approximate surface area is 180 Å². The molecular weight excluding hydrogens is 396 g/mol. The van der Waals surface area contributed by atoms with Crippen molar-refractivity contribution in [1.29, 1.82) is 5.26 Å². The van der Waals surface area contributed by atoms with Crippen molar-refractivity contribution in [2.45, 2.75) is 33.9 Å². The summed E-state index contributed by atoms with van der Waals surface area (Å²) in [6.07, 6.45) is 1.53. The number of nitriles is 1. The fourth-order valence-electron chi connectivity index (χ4n) is 3.24.